The van der Waals surface area contributed by atoms with Crippen LogP contribution in [0.1, 0.15) is 41.4 Å². The Morgan fingerprint density at radius 1 is 1.00 bits per heavy atom. The Kier molecular flexibility index (Phi) is 7.43. The first-order valence-corrected chi connectivity index (χ1v) is 10.1. The Morgan fingerprint density at radius 3 is 2.18 bits per heavy atom. The van der Waals surface area contributed by atoms with Gasteiger partial charge in [-0.1, -0.05) is 24.2 Å². The van der Waals surface area contributed by atoms with Gasteiger partial charge in [-0.05, 0) is 54.0 Å². The zero-order valence-electron chi connectivity index (χ0n) is 17.8. The summed E-state index contributed by atoms with van der Waals surface area (Å²) < 4.78 is 82.8. The first-order valence-electron chi connectivity index (χ1n) is 10.1. The lowest BCUT2D eigenvalue weighted by Gasteiger charge is -2.14. The van der Waals surface area contributed by atoms with Gasteiger partial charge in [0.2, 0.25) is 5.91 Å². The predicted octanol–water partition coefficient (Wildman–Crippen LogP) is 6.06. The number of benzene rings is 2. The summed E-state index contributed by atoms with van der Waals surface area (Å²) in [6.45, 7) is 1.49. The molecule has 1 amide bonds. The second-order valence-electron chi connectivity index (χ2n) is 7.35. The molecular weight excluding hydrogens is 464 g/mol. The van der Waals surface area contributed by atoms with E-state index in [0.717, 1.165) is 12.5 Å². The summed E-state index contributed by atoms with van der Waals surface area (Å²) >= 11 is 0. The third kappa shape index (κ3) is 6.69. The zero-order chi connectivity index (χ0) is 24.9. The lowest BCUT2D eigenvalue weighted by Crippen LogP contribution is -2.21. The highest BCUT2D eigenvalue weighted by Crippen LogP contribution is 2.36. The maximum atomic E-state index is 12.9. The fourth-order valence-corrected chi connectivity index (χ4v) is 2.97. The molecule has 1 N–H and O–H groups in total. The van der Waals surface area contributed by atoms with E-state index in [-0.39, 0.29) is 11.6 Å². The van der Waals surface area contributed by atoms with E-state index in [1.807, 2.05) is 6.92 Å². The summed E-state index contributed by atoms with van der Waals surface area (Å²) in [6, 6.07) is 7.97. The van der Waals surface area contributed by atoms with Crippen molar-refractivity contribution in [2.45, 2.75) is 38.7 Å². The van der Waals surface area contributed by atoms with Crippen LogP contribution in [0.5, 0.6) is 0 Å². The molecule has 1 aromatic heterocycles. The standard InChI is InChI=1S/C23H19F6N3O2/c1-2-3-19-31-21(34-32-19)16-7-4-14(5-8-16)6-9-20(33)30-13-15-10-17(22(24,25)26)12-18(11-15)23(27,28)29/h4-12H,2-3,13H2,1H3,(H,30,33). The summed E-state index contributed by atoms with van der Waals surface area (Å²) in [4.78, 5) is 16.3. The van der Waals surface area contributed by atoms with E-state index in [4.69, 9.17) is 4.52 Å². The topological polar surface area (TPSA) is 68.0 Å². The van der Waals surface area contributed by atoms with E-state index < -0.39 is 35.9 Å². The number of alkyl halides is 6. The number of aryl methyl sites for hydroxylation is 1. The molecule has 11 heteroatoms. The second-order valence-corrected chi connectivity index (χ2v) is 7.35. The van der Waals surface area contributed by atoms with Crippen LogP contribution in [0.3, 0.4) is 0 Å². The van der Waals surface area contributed by atoms with Crippen molar-refractivity contribution in [3.8, 4) is 11.5 Å². The number of rotatable bonds is 7. The van der Waals surface area contributed by atoms with Gasteiger partial charge in [0, 0.05) is 24.6 Å². The minimum Gasteiger partial charge on any atom is -0.348 e. The van der Waals surface area contributed by atoms with Crippen LogP contribution in [0.2, 0.25) is 0 Å². The predicted molar refractivity (Wildman–Crippen MR) is 111 cm³/mol. The monoisotopic (exact) mass is 483 g/mol. The largest absolute Gasteiger partial charge is 0.416 e. The maximum Gasteiger partial charge on any atom is 0.416 e. The van der Waals surface area contributed by atoms with Gasteiger partial charge in [0.15, 0.2) is 5.82 Å². The van der Waals surface area contributed by atoms with Gasteiger partial charge in [0.25, 0.3) is 5.89 Å². The fourth-order valence-electron chi connectivity index (χ4n) is 2.97. The quantitative estimate of drug-likeness (QED) is 0.328. The van der Waals surface area contributed by atoms with E-state index in [9.17, 15) is 31.1 Å². The molecule has 0 unspecified atom stereocenters. The normalized spacial score (nSPS) is 12.3. The van der Waals surface area contributed by atoms with Crippen LogP contribution in [-0.2, 0) is 30.1 Å². The molecular formula is C23H19F6N3O2. The van der Waals surface area contributed by atoms with Crippen molar-refractivity contribution in [2.75, 3.05) is 0 Å². The summed E-state index contributed by atoms with van der Waals surface area (Å²) in [5.74, 6) is 0.272. The van der Waals surface area contributed by atoms with Crippen molar-refractivity contribution < 1.29 is 35.7 Å². The van der Waals surface area contributed by atoms with Gasteiger partial charge >= 0.3 is 12.4 Å². The molecule has 0 bridgehead atoms. The Balaban J connectivity index is 1.64. The molecule has 0 aliphatic heterocycles. The van der Waals surface area contributed by atoms with Crippen molar-refractivity contribution >= 4 is 12.0 Å². The lowest BCUT2D eigenvalue weighted by atomic mass is 10.0. The average molecular weight is 483 g/mol. The second kappa shape index (κ2) is 10.1. The minimum atomic E-state index is -4.95. The van der Waals surface area contributed by atoms with E-state index in [2.05, 4.69) is 15.5 Å². The van der Waals surface area contributed by atoms with Crippen LogP contribution in [0.4, 0.5) is 26.3 Å². The third-order valence-corrected chi connectivity index (χ3v) is 4.64. The molecule has 0 fully saturated rings. The molecule has 0 radical (unpaired) electrons. The Morgan fingerprint density at radius 2 is 1.62 bits per heavy atom. The van der Waals surface area contributed by atoms with Crippen LogP contribution in [-0.4, -0.2) is 16.0 Å². The highest BCUT2D eigenvalue weighted by Gasteiger charge is 2.36. The van der Waals surface area contributed by atoms with E-state index >= 15 is 0 Å². The van der Waals surface area contributed by atoms with Crippen molar-refractivity contribution in [3.63, 3.8) is 0 Å². The minimum absolute atomic E-state index is 0.0355. The van der Waals surface area contributed by atoms with Crippen LogP contribution < -0.4 is 5.32 Å². The maximum absolute atomic E-state index is 12.9. The van der Waals surface area contributed by atoms with E-state index in [1.165, 1.54) is 6.08 Å². The fraction of sp³-hybridized carbons (Fsp3) is 0.261. The molecule has 34 heavy (non-hydrogen) atoms. The van der Waals surface area contributed by atoms with Crippen LogP contribution >= 0.6 is 0 Å². The van der Waals surface area contributed by atoms with Gasteiger partial charge in [0.1, 0.15) is 0 Å². The summed E-state index contributed by atoms with van der Waals surface area (Å²) in [7, 11) is 0. The highest BCUT2D eigenvalue weighted by atomic mass is 19.4. The molecule has 180 valence electrons. The number of hydrogen-bond acceptors (Lipinski definition) is 4. The summed E-state index contributed by atoms with van der Waals surface area (Å²) in [5, 5.41) is 6.15. The van der Waals surface area contributed by atoms with Crippen LogP contribution in [0.25, 0.3) is 17.5 Å². The van der Waals surface area contributed by atoms with Gasteiger partial charge in [0.05, 0.1) is 11.1 Å². The third-order valence-electron chi connectivity index (χ3n) is 4.64. The zero-order valence-corrected chi connectivity index (χ0v) is 17.8. The summed E-state index contributed by atoms with van der Waals surface area (Å²) in [6.07, 6.45) is -5.77. The number of halogens is 6. The van der Waals surface area contributed by atoms with Gasteiger partial charge in [-0.3, -0.25) is 4.79 Å². The molecule has 5 nitrogen and oxygen atoms in total. The first kappa shape index (κ1) is 25.0. The molecule has 0 atom stereocenters. The van der Waals surface area contributed by atoms with Crippen molar-refractivity contribution in [1.29, 1.82) is 0 Å². The number of nitrogens with one attached hydrogen (secondary N) is 1. The number of nitrogens with zero attached hydrogens (tertiary/aromatic N) is 2. The number of carbonyl (C=O) groups excluding carboxylic acids is 1. The Hall–Kier alpha value is -3.63. The molecule has 0 saturated carbocycles. The van der Waals surface area contributed by atoms with E-state index in [0.29, 0.717) is 41.4 Å². The SMILES string of the molecule is CCCc1noc(-c2ccc(C=CC(=O)NCc3cc(C(F)(F)F)cc(C(F)(F)F)c3)cc2)n1. The first-order chi connectivity index (χ1) is 16.0. The lowest BCUT2D eigenvalue weighted by molar-refractivity contribution is -0.143. The number of aromatic nitrogens is 2. The molecule has 0 saturated heterocycles. The van der Waals surface area contributed by atoms with Crippen LogP contribution in [0, 0.1) is 0 Å². The summed E-state index contributed by atoms with van der Waals surface area (Å²) in [5.41, 5.74) is -1.89. The molecule has 1 heterocycles. The Bertz CT molecular complexity index is 1130. The van der Waals surface area contributed by atoms with Crippen molar-refractivity contribution in [3.05, 3.63) is 76.6 Å². The molecule has 0 aliphatic carbocycles. The highest BCUT2D eigenvalue weighted by molar-refractivity contribution is 5.91. The van der Waals surface area contributed by atoms with Crippen molar-refractivity contribution in [2.24, 2.45) is 0 Å². The molecule has 3 rings (SSSR count). The van der Waals surface area contributed by atoms with Gasteiger partial charge < -0.3 is 9.84 Å². The number of amides is 1. The average Bonchev–Trinajstić information content (AvgIpc) is 3.24. The molecule has 3 aromatic rings. The molecule has 0 spiro atoms. The van der Waals surface area contributed by atoms with Crippen molar-refractivity contribution in [1.82, 2.24) is 15.5 Å². The van der Waals surface area contributed by atoms with E-state index in [1.54, 1.807) is 24.3 Å². The number of hydrogen-bond donors (Lipinski definition) is 1. The van der Waals surface area contributed by atoms with Gasteiger partial charge in [-0.2, -0.15) is 31.3 Å². The van der Waals surface area contributed by atoms with Gasteiger partial charge in [-0.25, -0.2) is 0 Å². The molecule has 2 aromatic carbocycles. The number of carbonyl (C=O) groups is 1. The molecule has 0 aliphatic rings. The Labute approximate surface area is 190 Å². The van der Waals surface area contributed by atoms with Crippen LogP contribution in [0.15, 0.2) is 53.1 Å². The van der Waals surface area contributed by atoms with Gasteiger partial charge in [-0.15, -0.1) is 0 Å². The smallest absolute Gasteiger partial charge is 0.348 e.